The lowest BCUT2D eigenvalue weighted by molar-refractivity contribution is -0.154. The second-order valence-corrected chi connectivity index (χ2v) is 3.38. The zero-order chi connectivity index (χ0) is 13.0. The van der Waals surface area contributed by atoms with Gasteiger partial charge in [-0.05, 0) is 13.8 Å². The molecule has 1 heterocycles. The molecule has 0 aromatic rings. The Morgan fingerprint density at radius 1 is 1.29 bits per heavy atom. The highest BCUT2D eigenvalue weighted by molar-refractivity contribution is 5.98. The molecule has 0 N–H and O–H groups in total. The third-order valence-corrected chi connectivity index (χ3v) is 2.36. The second-order valence-electron chi connectivity index (χ2n) is 3.38. The van der Waals surface area contributed by atoms with E-state index >= 15 is 0 Å². The summed E-state index contributed by atoms with van der Waals surface area (Å²) in [7, 11) is 2.46. The first-order valence-corrected chi connectivity index (χ1v) is 5.25. The fourth-order valence-electron chi connectivity index (χ4n) is 1.63. The quantitative estimate of drug-likeness (QED) is 0.667. The zero-order valence-electron chi connectivity index (χ0n) is 10.3. The number of ether oxygens (including phenoxy) is 4. The molecule has 1 aliphatic heterocycles. The lowest BCUT2D eigenvalue weighted by Crippen LogP contribution is -2.29. The van der Waals surface area contributed by atoms with Gasteiger partial charge in [-0.15, -0.1) is 0 Å². The van der Waals surface area contributed by atoms with E-state index < -0.39 is 24.1 Å². The van der Waals surface area contributed by atoms with Crippen LogP contribution >= 0.6 is 0 Å². The summed E-state index contributed by atoms with van der Waals surface area (Å²) < 4.78 is 19.9. The van der Waals surface area contributed by atoms with E-state index in [1.165, 1.54) is 14.2 Å². The molecule has 0 saturated heterocycles. The molecule has 0 unspecified atom stereocenters. The van der Waals surface area contributed by atoms with Crippen molar-refractivity contribution in [3.63, 3.8) is 0 Å². The standard InChI is InChI=1S/C11H16O6/c1-5-16-8-6(2)17-9(11(13)15-4)7(8)10(12)14-3/h6,9H,5H2,1-4H3/t6-,9-/m0/s1. The van der Waals surface area contributed by atoms with Crippen molar-refractivity contribution in [2.75, 3.05) is 20.8 Å². The number of carbonyl (C=O) groups excluding carboxylic acids is 2. The van der Waals surface area contributed by atoms with Gasteiger partial charge in [0.1, 0.15) is 17.4 Å². The first-order valence-electron chi connectivity index (χ1n) is 5.25. The molecule has 0 bridgehead atoms. The van der Waals surface area contributed by atoms with Crippen molar-refractivity contribution in [1.29, 1.82) is 0 Å². The summed E-state index contributed by atoms with van der Waals surface area (Å²) >= 11 is 0. The number of methoxy groups -OCH3 is 2. The van der Waals surface area contributed by atoms with Crippen molar-refractivity contribution in [3.8, 4) is 0 Å². The van der Waals surface area contributed by atoms with Crippen LogP contribution in [0.4, 0.5) is 0 Å². The lowest BCUT2D eigenvalue weighted by Gasteiger charge is -2.10. The van der Waals surface area contributed by atoms with Gasteiger partial charge in [0.15, 0.2) is 6.10 Å². The Hall–Kier alpha value is -1.56. The van der Waals surface area contributed by atoms with Crippen LogP contribution in [-0.4, -0.2) is 45.0 Å². The fourth-order valence-corrected chi connectivity index (χ4v) is 1.63. The number of carbonyl (C=O) groups is 2. The average molecular weight is 244 g/mol. The van der Waals surface area contributed by atoms with Gasteiger partial charge in [0.25, 0.3) is 0 Å². The minimum atomic E-state index is -1.08. The van der Waals surface area contributed by atoms with E-state index in [-0.39, 0.29) is 5.57 Å². The Bertz CT molecular complexity index is 346. The van der Waals surface area contributed by atoms with Crippen LogP contribution in [0.5, 0.6) is 0 Å². The topological polar surface area (TPSA) is 71.1 Å². The summed E-state index contributed by atoms with van der Waals surface area (Å²) in [5.41, 5.74) is 0.0775. The van der Waals surface area contributed by atoms with Crippen LogP contribution in [0.3, 0.4) is 0 Å². The molecule has 96 valence electrons. The van der Waals surface area contributed by atoms with Crippen molar-refractivity contribution >= 4 is 11.9 Å². The first kappa shape index (κ1) is 13.5. The van der Waals surface area contributed by atoms with Crippen LogP contribution in [0.25, 0.3) is 0 Å². The van der Waals surface area contributed by atoms with E-state index in [0.717, 1.165) is 0 Å². The van der Waals surface area contributed by atoms with E-state index in [1.807, 2.05) is 0 Å². The van der Waals surface area contributed by atoms with E-state index in [0.29, 0.717) is 12.4 Å². The number of hydrogen-bond acceptors (Lipinski definition) is 6. The maximum atomic E-state index is 11.6. The smallest absolute Gasteiger partial charge is 0.340 e. The molecule has 0 spiro atoms. The van der Waals surface area contributed by atoms with Crippen LogP contribution in [0.1, 0.15) is 13.8 Å². The van der Waals surface area contributed by atoms with Crippen molar-refractivity contribution in [2.45, 2.75) is 26.1 Å². The molecule has 0 aromatic carbocycles. The molecule has 1 rings (SSSR count). The molecule has 0 amide bonds. The summed E-state index contributed by atoms with van der Waals surface area (Å²) in [6, 6.07) is 0. The number of hydrogen-bond donors (Lipinski definition) is 0. The van der Waals surface area contributed by atoms with E-state index in [1.54, 1.807) is 13.8 Å². The Morgan fingerprint density at radius 2 is 1.94 bits per heavy atom. The van der Waals surface area contributed by atoms with Gasteiger partial charge in [0.2, 0.25) is 0 Å². The third-order valence-electron chi connectivity index (χ3n) is 2.36. The largest absolute Gasteiger partial charge is 0.495 e. The summed E-state index contributed by atoms with van der Waals surface area (Å²) in [6.45, 7) is 3.84. The van der Waals surface area contributed by atoms with Crippen molar-refractivity contribution < 1.29 is 28.5 Å². The van der Waals surface area contributed by atoms with Gasteiger partial charge in [-0.3, -0.25) is 0 Å². The van der Waals surface area contributed by atoms with Gasteiger partial charge < -0.3 is 18.9 Å². The molecule has 6 heteroatoms. The zero-order valence-corrected chi connectivity index (χ0v) is 10.3. The Morgan fingerprint density at radius 3 is 2.41 bits per heavy atom. The molecular formula is C11H16O6. The molecule has 6 nitrogen and oxygen atoms in total. The van der Waals surface area contributed by atoms with Crippen molar-refractivity contribution in [2.24, 2.45) is 0 Å². The third kappa shape index (κ3) is 2.58. The molecule has 17 heavy (non-hydrogen) atoms. The molecule has 0 fully saturated rings. The van der Waals surface area contributed by atoms with Gasteiger partial charge in [0, 0.05) is 0 Å². The van der Waals surface area contributed by atoms with E-state index in [4.69, 9.17) is 9.47 Å². The normalized spacial score (nSPS) is 23.5. The predicted molar refractivity (Wildman–Crippen MR) is 57.0 cm³/mol. The molecule has 0 radical (unpaired) electrons. The van der Waals surface area contributed by atoms with Gasteiger partial charge in [-0.25, -0.2) is 9.59 Å². The van der Waals surface area contributed by atoms with Crippen LogP contribution < -0.4 is 0 Å². The molecular weight excluding hydrogens is 228 g/mol. The minimum Gasteiger partial charge on any atom is -0.495 e. The van der Waals surface area contributed by atoms with Crippen LogP contribution in [0.2, 0.25) is 0 Å². The fraction of sp³-hybridized carbons (Fsp3) is 0.636. The lowest BCUT2D eigenvalue weighted by atomic mass is 10.1. The van der Waals surface area contributed by atoms with Crippen LogP contribution in [0.15, 0.2) is 11.3 Å². The van der Waals surface area contributed by atoms with Crippen molar-refractivity contribution in [3.05, 3.63) is 11.3 Å². The Balaban J connectivity index is 3.11. The summed E-state index contributed by atoms with van der Waals surface area (Å²) in [5.74, 6) is -0.963. The highest BCUT2D eigenvalue weighted by Crippen LogP contribution is 2.29. The molecule has 1 aliphatic rings. The average Bonchev–Trinajstić information content (AvgIpc) is 2.65. The highest BCUT2D eigenvalue weighted by Gasteiger charge is 2.43. The van der Waals surface area contributed by atoms with E-state index in [2.05, 4.69) is 9.47 Å². The number of rotatable bonds is 4. The summed E-state index contributed by atoms with van der Waals surface area (Å²) in [5, 5.41) is 0. The minimum absolute atomic E-state index is 0.0775. The monoisotopic (exact) mass is 244 g/mol. The molecule has 0 aromatic heterocycles. The van der Waals surface area contributed by atoms with Gasteiger partial charge in [-0.1, -0.05) is 0 Å². The molecule has 0 saturated carbocycles. The number of esters is 2. The van der Waals surface area contributed by atoms with Crippen LogP contribution in [0, 0.1) is 0 Å². The Kier molecular flexibility index (Phi) is 4.51. The maximum absolute atomic E-state index is 11.6. The SMILES string of the molecule is CCOC1=C(C(=O)OC)[C@@H](C(=O)OC)O[C@H]1C. The van der Waals surface area contributed by atoms with Gasteiger partial charge in [-0.2, -0.15) is 0 Å². The van der Waals surface area contributed by atoms with E-state index in [9.17, 15) is 9.59 Å². The van der Waals surface area contributed by atoms with Crippen LogP contribution in [-0.2, 0) is 28.5 Å². The highest BCUT2D eigenvalue weighted by atomic mass is 16.6. The van der Waals surface area contributed by atoms with Gasteiger partial charge >= 0.3 is 11.9 Å². The first-order chi connectivity index (χ1) is 8.06. The second kappa shape index (κ2) is 5.67. The summed E-state index contributed by atoms with van der Waals surface area (Å²) in [4.78, 5) is 23.1. The Labute approximate surface area is 99.5 Å². The van der Waals surface area contributed by atoms with Crippen molar-refractivity contribution in [1.82, 2.24) is 0 Å². The maximum Gasteiger partial charge on any atom is 0.340 e. The van der Waals surface area contributed by atoms with Gasteiger partial charge in [0.05, 0.1) is 20.8 Å². The molecule has 2 atom stereocenters. The predicted octanol–water partition coefficient (Wildman–Crippen LogP) is 0.410. The summed E-state index contributed by atoms with van der Waals surface area (Å²) in [6.07, 6.45) is -1.56. The molecule has 0 aliphatic carbocycles.